The number of esters is 1. The minimum Gasteiger partial charge on any atom is -0.453 e. The number of rotatable bonds is 4. The molecule has 0 N–H and O–H groups in total. The second-order valence-electron chi connectivity index (χ2n) is 5.39. The van der Waals surface area contributed by atoms with Crippen LogP contribution in [0.5, 0.6) is 0 Å². The van der Waals surface area contributed by atoms with Gasteiger partial charge in [-0.3, -0.25) is 4.79 Å². The van der Waals surface area contributed by atoms with E-state index in [1.54, 1.807) is 0 Å². The summed E-state index contributed by atoms with van der Waals surface area (Å²) in [4.78, 5) is 11.5. The fourth-order valence-electron chi connectivity index (χ4n) is 2.60. The molecular formula is C21H18O2. The molecule has 0 spiro atoms. The Hall–Kier alpha value is -2.87. The smallest absolute Gasteiger partial charge is 0.303 e. The standard InChI is InChI=1S/C21H18O2/c1-16(22)23-21(19-10-6-3-7-11-19)20-14-12-18(13-15-20)17-8-4-2-5-9-17/h2-15,21H,1H3. The van der Waals surface area contributed by atoms with Crippen LogP contribution >= 0.6 is 0 Å². The number of hydrogen-bond acceptors (Lipinski definition) is 2. The first-order chi connectivity index (χ1) is 11.2. The van der Waals surface area contributed by atoms with E-state index in [0.29, 0.717) is 0 Å². The number of carbonyl (C=O) groups excluding carboxylic acids is 1. The number of benzene rings is 3. The summed E-state index contributed by atoms with van der Waals surface area (Å²) in [6.07, 6.45) is -0.376. The van der Waals surface area contributed by atoms with Crippen LogP contribution in [0.1, 0.15) is 24.2 Å². The van der Waals surface area contributed by atoms with Crippen molar-refractivity contribution in [2.45, 2.75) is 13.0 Å². The van der Waals surface area contributed by atoms with Crippen molar-refractivity contribution in [1.29, 1.82) is 0 Å². The van der Waals surface area contributed by atoms with Gasteiger partial charge in [-0.2, -0.15) is 0 Å². The summed E-state index contributed by atoms with van der Waals surface area (Å²) in [6.45, 7) is 1.44. The van der Waals surface area contributed by atoms with Crippen molar-refractivity contribution >= 4 is 5.97 Å². The lowest BCUT2D eigenvalue weighted by molar-refractivity contribution is -0.144. The van der Waals surface area contributed by atoms with Gasteiger partial charge in [0.1, 0.15) is 0 Å². The fourth-order valence-corrected chi connectivity index (χ4v) is 2.60. The van der Waals surface area contributed by atoms with Crippen molar-refractivity contribution in [3.8, 4) is 11.1 Å². The summed E-state index contributed by atoms with van der Waals surface area (Å²) in [5.74, 6) is -0.286. The Morgan fingerprint density at radius 1 is 0.696 bits per heavy atom. The van der Waals surface area contributed by atoms with Gasteiger partial charge in [-0.25, -0.2) is 0 Å². The number of ether oxygens (including phenoxy) is 1. The summed E-state index contributed by atoms with van der Waals surface area (Å²) < 4.78 is 5.53. The van der Waals surface area contributed by atoms with Gasteiger partial charge in [0.05, 0.1) is 0 Å². The van der Waals surface area contributed by atoms with Crippen LogP contribution in [0.25, 0.3) is 11.1 Å². The van der Waals surface area contributed by atoms with E-state index in [-0.39, 0.29) is 12.1 Å². The van der Waals surface area contributed by atoms with Gasteiger partial charge in [0, 0.05) is 6.92 Å². The van der Waals surface area contributed by atoms with E-state index in [2.05, 4.69) is 24.3 Å². The van der Waals surface area contributed by atoms with Crippen LogP contribution in [-0.4, -0.2) is 5.97 Å². The van der Waals surface area contributed by atoms with Crippen LogP contribution in [0.4, 0.5) is 0 Å². The lowest BCUT2D eigenvalue weighted by atomic mass is 9.98. The van der Waals surface area contributed by atoms with Crippen molar-refractivity contribution in [1.82, 2.24) is 0 Å². The molecule has 0 aromatic heterocycles. The fraction of sp³-hybridized carbons (Fsp3) is 0.0952. The zero-order valence-corrected chi connectivity index (χ0v) is 13.0. The van der Waals surface area contributed by atoms with E-state index in [1.165, 1.54) is 12.5 Å². The predicted octanol–water partition coefficient (Wildman–Crippen LogP) is 5.01. The van der Waals surface area contributed by atoms with Gasteiger partial charge in [-0.1, -0.05) is 84.9 Å². The molecular weight excluding hydrogens is 284 g/mol. The molecule has 0 aliphatic rings. The van der Waals surface area contributed by atoms with Gasteiger partial charge in [0.15, 0.2) is 6.10 Å². The van der Waals surface area contributed by atoms with Crippen molar-refractivity contribution < 1.29 is 9.53 Å². The van der Waals surface area contributed by atoms with E-state index in [4.69, 9.17) is 4.74 Å². The second kappa shape index (κ2) is 6.93. The van der Waals surface area contributed by atoms with Gasteiger partial charge in [-0.15, -0.1) is 0 Å². The molecule has 2 heteroatoms. The van der Waals surface area contributed by atoms with Crippen LogP contribution in [0, 0.1) is 0 Å². The average Bonchev–Trinajstić information content (AvgIpc) is 2.61. The molecule has 0 aliphatic carbocycles. The molecule has 3 aromatic carbocycles. The van der Waals surface area contributed by atoms with Crippen molar-refractivity contribution in [2.24, 2.45) is 0 Å². The maximum absolute atomic E-state index is 11.5. The van der Waals surface area contributed by atoms with Crippen LogP contribution < -0.4 is 0 Å². The molecule has 0 radical (unpaired) electrons. The first-order valence-electron chi connectivity index (χ1n) is 7.61. The highest BCUT2D eigenvalue weighted by Crippen LogP contribution is 2.28. The molecule has 0 fully saturated rings. The highest BCUT2D eigenvalue weighted by molar-refractivity contribution is 5.67. The van der Waals surface area contributed by atoms with Crippen LogP contribution in [0.2, 0.25) is 0 Å². The van der Waals surface area contributed by atoms with E-state index < -0.39 is 0 Å². The lowest BCUT2D eigenvalue weighted by Crippen LogP contribution is -2.09. The molecule has 2 nitrogen and oxygen atoms in total. The third-order valence-electron chi connectivity index (χ3n) is 3.71. The summed E-state index contributed by atoms with van der Waals surface area (Å²) in [6, 6.07) is 28.2. The maximum Gasteiger partial charge on any atom is 0.303 e. The van der Waals surface area contributed by atoms with Gasteiger partial charge in [0.25, 0.3) is 0 Å². The quantitative estimate of drug-likeness (QED) is 0.633. The minimum atomic E-state index is -0.376. The Balaban J connectivity index is 1.93. The molecule has 114 valence electrons. The summed E-state index contributed by atoms with van der Waals surface area (Å²) >= 11 is 0. The summed E-state index contributed by atoms with van der Waals surface area (Å²) in [7, 11) is 0. The maximum atomic E-state index is 11.5. The summed E-state index contributed by atoms with van der Waals surface area (Å²) in [5.41, 5.74) is 4.24. The Labute approximate surface area is 136 Å². The van der Waals surface area contributed by atoms with E-state index in [0.717, 1.165) is 16.7 Å². The van der Waals surface area contributed by atoms with E-state index >= 15 is 0 Å². The molecule has 1 unspecified atom stereocenters. The van der Waals surface area contributed by atoms with Gasteiger partial charge in [0.2, 0.25) is 0 Å². The van der Waals surface area contributed by atoms with Crippen LogP contribution in [-0.2, 0) is 9.53 Å². The van der Waals surface area contributed by atoms with Gasteiger partial charge in [-0.05, 0) is 22.3 Å². The zero-order valence-electron chi connectivity index (χ0n) is 13.0. The monoisotopic (exact) mass is 302 g/mol. The molecule has 0 saturated heterocycles. The van der Waals surface area contributed by atoms with Crippen molar-refractivity contribution in [2.75, 3.05) is 0 Å². The normalized spacial score (nSPS) is 11.7. The highest BCUT2D eigenvalue weighted by Gasteiger charge is 2.17. The lowest BCUT2D eigenvalue weighted by Gasteiger charge is -2.18. The molecule has 0 heterocycles. The van der Waals surface area contributed by atoms with Crippen LogP contribution in [0.3, 0.4) is 0 Å². The zero-order chi connectivity index (χ0) is 16.1. The molecule has 3 rings (SSSR count). The van der Waals surface area contributed by atoms with Crippen molar-refractivity contribution in [3.63, 3.8) is 0 Å². The minimum absolute atomic E-state index is 0.286. The Bertz CT molecular complexity index is 762. The highest BCUT2D eigenvalue weighted by atomic mass is 16.5. The first kappa shape index (κ1) is 15.0. The Morgan fingerprint density at radius 2 is 1.17 bits per heavy atom. The molecule has 0 amide bonds. The van der Waals surface area contributed by atoms with E-state index in [1.807, 2.05) is 60.7 Å². The second-order valence-corrected chi connectivity index (χ2v) is 5.39. The number of carbonyl (C=O) groups is 1. The predicted molar refractivity (Wildman–Crippen MR) is 91.9 cm³/mol. The molecule has 0 aliphatic heterocycles. The molecule has 0 bridgehead atoms. The van der Waals surface area contributed by atoms with Gasteiger partial charge < -0.3 is 4.74 Å². The summed E-state index contributed by atoms with van der Waals surface area (Å²) in [5, 5.41) is 0. The van der Waals surface area contributed by atoms with E-state index in [9.17, 15) is 4.79 Å². The molecule has 3 aromatic rings. The SMILES string of the molecule is CC(=O)OC(c1ccccc1)c1ccc(-c2ccccc2)cc1. The molecule has 1 atom stereocenters. The number of hydrogen-bond donors (Lipinski definition) is 0. The molecule has 0 saturated carbocycles. The third-order valence-corrected chi connectivity index (χ3v) is 3.71. The van der Waals surface area contributed by atoms with Gasteiger partial charge >= 0.3 is 5.97 Å². The Kier molecular flexibility index (Phi) is 4.53. The third kappa shape index (κ3) is 3.67. The first-order valence-corrected chi connectivity index (χ1v) is 7.61. The largest absolute Gasteiger partial charge is 0.453 e. The Morgan fingerprint density at radius 3 is 1.74 bits per heavy atom. The average molecular weight is 302 g/mol. The van der Waals surface area contributed by atoms with Crippen molar-refractivity contribution in [3.05, 3.63) is 96.1 Å². The molecule has 23 heavy (non-hydrogen) atoms. The van der Waals surface area contributed by atoms with Crippen LogP contribution in [0.15, 0.2) is 84.9 Å². The topological polar surface area (TPSA) is 26.3 Å².